The molecule has 1 aromatic heterocycles. The van der Waals surface area contributed by atoms with Crippen LogP contribution in [0.1, 0.15) is 37.7 Å². The quantitative estimate of drug-likeness (QED) is 0.349. The largest absolute Gasteiger partial charge is 0.377 e. The Bertz CT molecular complexity index is 1450. The predicted octanol–water partition coefficient (Wildman–Crippen LogP) is 3.92. The number of thioether (sulfide) groups is 1. The minimum atomic E-state index is -0.335. The molecule has 174 valence electrons. The highest BCUT2D eigenvalue weighted by atomic mass is 32.2. The number of aromatic nitrogens is 3. The van der Waals surface area contributed by atoms with E-state index in [1.165, 1.54) is 11.8 Å². The number of carbonyl (C=O) groups is 3. The molecule has 0 radical (unpaired) electrons. The Morgan fingerprint density at radius 2 is 1.57 bits per heavy atom. The van der Waals surface area contributed by atoms with Crippen molar-refractivity contribution in [2.24, 2.45) is 0 Å². The van der Waals surface area contributed by atoms with Crippen LogP contribution in [0.5, 0.6) is 0 Å². The summed E-state index contributed by atoms with van der Waals surface area (Å²) in [5.41, 5.74) is 2.37. The molecule has 1 amide bonds. The maximum absolute atomic E-state index is 13.2. The van der Waals surface area contributed by atoms with Crippen LogP contribution >= 0.6 is 11.8 Å². The van der Waals surface area contributed by atoms with Gasteiger partial charge in [0.15, 0.2) is 22.5 Å². The van der Waals surface area contributed by atoms with Crippen molar-refractivity contribution < 1.29 is 19.1 Å². The van der Waals surface area contributed by atoms with Crippen LogP contribution in [0.15, 0.2) is 78.0 Å². The van der Waals surface area contributed by atoms with Gasteiger partial charge in [-0.2, -0.15) is 0 Å². The van der Waals surface area contributed by atoms with E-state index >= 15 is 0 Å². The van der Waals surface area contributed by atoms with Crippen LogP contribution < -0.4 is 5.32 Å². The van der Waals surface area contributed by atoms with Gasteiger partial charge in [-0.25, -0.2) is 0 Å². The molecule has 0 atom stereocenters. The summed E-state index contributed by atoms with van der Waals surface area (Å²) in [6.07, 6.45) is 0. The number of rotatable bonds is 7. The third-order valence-electron chi connectivity index (χ3n) is 5.55. The molecule has 35 heavy (non-hydrogen) atoms. The summed E-state index contributed by atoms with van der Waals surface area (Å²) in [6.45, 7) is 0.266. The molecule has 5 rings (SSSR count). The van der Waals surface area contributed by atoms with Crippen molar-refractivity contribution in [2.45, 2.75) is 11.8 Å². The molecule has 0 spiro atoms. The molecular formula is C26H20N4O4S. The number of anilines is 1. The zero-order valence-electron chi connectivity index (χ0n) is 18.7. The van der Waals surface area contributed by atoms with Crippen LogP contribution in [0, 0.1) is 0 Å². The van der Waals surface area contributed by atoms with Gasteiger partial charge in [0.25, 0.3) is 0 Å². The van der Waals surface area contributed by atoms with Crippen LogP contribution in [0.3, 0.4) is 0 Å². The molecule has 1 aliphatic carbocycles. The maximum atomic E-state index is 13.2. The van der Waals surface area contributed by atoms with E-state index in [2.05, 4.69) is 15.5 Å². The monoisotopic (exact) mass is 484 g/mol. The molecule has 3 aromatic carbocycles. The average Bonchev–Trinajstić information content (AvgIpc) is 3.29. The Kier molecular flexibility index (Phi) is 6.26. The first-order chi connectivity index (χ1) is 17.1. The summed E-state index contributed by atoms with van der Waals surface area (Å²) in [5, 5.41) is 11.8. The third kappa shape index (κ3) is 4.27. The number of ketones is 2. The first-order valence-electron chi connectivity index (χ1n) is 10.8. The Morgan fingerprint density at radius 1 is 0.886 bits per heavy atom. The predicted molar refractivity (Wildman–Crippen MR) is 131 cm³/mol. The molecule has 1 aliphatic rings. The Morgan fingerprint density at radius 3 is 2.31 bits per heavy atom. The molecule has 0 bridgehead atoms. The van der Waals surface area contributed by atoms with Gasteiger partial charge in [0, 0.05) is 29.5 Å². The molecule has 0 saturated heterocycles. The van der Waals surface area contributed by atoms with Crippen LogP contribution in [-0.2, 0) is 16.1 Å². The van der Waals surface area contributed by atoms with E-state index in [0.717, 1.165) is 5.69 Å². The fourth-order valence-electron chi connectivity index (χ4n) is 4.02. The lowest BCUT2D eigenvalue weighted by Gasteiger charge is -2.20. The summed E-state index contributed by atoms with van der Waals surface area (Å²) in [4.78, 5) is 39.0. The topological polar surface area (TPSA) is 103 Å². The summed E-state index contributed by atoms with van der Waals surface area (Å²) in [6, 6.07) is 21.2. The van der Waals surface area contributed by atoms with Gasteiger partial charge >= 0.3 is 0 Å². The number of nitrogens with zero attached hydrogens (tertiary/aromatic N) is 3. The van der Waals surface area contributed by atoms with Crippen molar-refractivity contribution in [1.29, 1.82) is 0 Å². The van der Waals surface area contributed by atoms with Gasteiger partial charge in [-0.3, -0.25) is 19.0 Å². The zero-order valence-corrected chi connectivity index (χ0v) is 19.5. The van der Waals surface area contributed by atoms with Gasteiger partial charge in [-0.1, -0.05) is 66.4 Å². The first kappa shape index (κ1) is 22.7. The van der Waals surface area contributed by atoms with Gasteiger partial charge in [0.05, 0.1) is 17.0 Å². The molecular weight excluding hydrogens is 464 g/mol. The van der Waals surface area contributed by atoms with Crippen molar-refractivity contribution in [3.8, 4) is 5.69 Å². The number of methoxy groups -OCH3 is 1. The van der Waals surface area contributed by atoms with Crippen LogP contribution in [0.4, 0.5) is 5.69 Å². The van der Waals surface area contributed by atoms with Gasteiger partial charge < -0.3 is 10.1 Å². The molecule has 9 heteroatoms. The van der Waals surface area contributed by atoms with E-state index in [9.17, 15) is 14.4 Å². The first-order valence-corrected chi connectivity index (χ1v) is 11.8. The molecule has 0 fully saturated rings. The number of nitrogens with one attached hydrogen (secondary N) is 1. The van der Waals surface area contributed by atoms with E-state index < -0.39 is 0 Å². The highest BCUT2D eigenvalue weighted by Crippen LogP contribution is 2.32. The third-order valence-corrected chi connectivity index (χ3v) is 6.48. The molecule has 8 nitrogen and oxygen atoms in total. The number of carbonyl (C=O) groups excluding carboxylic acids is 3. The number of hydrogen-bond acceptors (Lipinski definition) is 7. The van der Waals surface area contributed by atoms with Crippen molar-refractivity contribution >= 4 is 34.9 Å². The van der Waals surface area contributed by atoms with E-state index in [1.54, 1.807) is 49.6 Å². The number of hydrogen-bond donors (Lipinski definition) is 1. The van der Waals surface area contributed by atoms with E-state index in [0.29, 0.717) is 27.8 Å². The summed E-state index contributed by atoms with van der Waals surface area (Å²) < 4.78 is 7.07. The molecule has 4 aromatic rings. The fraction of sp³-hybridized carbons (Fsp3) is 0.115. The standard InChI is InChI=1S/C26H20N4O4S/c1-34-14-21-28-29-26(30(21)16-8-3-2-4-9-16)35-15-22(31)27-20-13-7-12-19-23(20)25(33)18-11-6-5-10-17(18)24(19)32/h2-13H,14-15H2,1H3,(H,27,31). The Hall–Kier alpha value is -4.08. The molecule has 0 unspecified atom stereocenters. The smallest absolute Gasteiger partial charge is 0.234 e. The average molecular weight is 485 g/mol. The fourth-order valence-corrected chi connectivity index (χ4v) is 4.79. The number of ether oxygens (including phenoxy) is 1. The zero-order chi connectivity index (χ0) is 24.4. The Labute approximate surface area is 205 Å². The van der Waals surface area contributed by atoms with Gasteiger partial charge in [0.1, 0.15) is 6.61 Å². The van der Waals surface area contributed by atoms with Gasteiger partial charge in [-0.05, 0) is 18.2 Å². The normalized spacial score (nSPS) is 12.3. The minimum absolute atomic E-state index is 0.0281. The summed E-state index contributed by atoms with van der Waals surface area (Å²) in [5.74, 6) is -0.214. The lowest BCUT2D eigenvalue weighted by molar-refractivity contribution is -0.113. The number of para-hydroxylation sites is 1. The Balaban J connectivity index is 1.37. The number of benzene rings is 3. The molecule has 1 heterocycles. The lowest BCUT2D eigenvalue weighted by Crippen LogP contribution is -2.24. The van der Waals surface area contributed by atoms with Crippen LogP contribution in [0.2, 0.25) is 0 Å². The van der Waals surface area contributed by atoms with Crippen LogP contribution in [-0.4, -0.2) is 45.1 Å². The van der Waals surface area contributed by atoms with Crippen molar-refractivity contribution in [3.63, 3.8) is 0 Å². The molecule has 0 aliphatic heterocycles. The highest BCUT2D eigenvalue weighted by molar-refractivity contribution is 7.99. The SMILES string of the molecule is COCc1nnc(SCC(=O)Nc2cccc3c2C(=O)c2ccccc2C3=O)n1-c1ccccc1. The van der Waals surface area contributed by atoms with Crippen LogP contribution in [0.25, 0.3) is 5.69 Å². The lowest BCUT2D eigenvalue weighted by atomic mass is 9.83. The summed E-state index contributed by atoms with van der Waals surface area (Å²) in [7, 11) is 1.58. The second kappa shape index (κ2) is 9.65. The van der Waals surface area contributed by atoms with Gasteiger partial charge in [-0.15, -0.1) is 10.2 Å². The van der Waals surface area contributed by atoms with E-state index in [4.69, 9.17) is 4.74 Å². The maximum Gasteiger partial charge on any atom is 0.234 e. The van der Waals surface area contributed by atoms with Gasteiger partial charge in [0.2, 0.25) is 5.91 Å². The molecule has 1 N–H and O–H groups in total. The second-order valence-electron chi connectivity index (χ2n) is 7.77. The minimum Gasteiger partial charge on any atom is -0.377 e. The second-order valence-corrected chi connectivity index (χ2v) is 8.71. The number of amides is 1. The van der Waals surface area contributed by atoms with Crippen molar-refractivity contribution in [1.82, 2.24) is 14.8 Å². The molecule has 0 saturated carbocycles. The van der Waals surface area contributed by atoms with Crippen molar-refractivity contribution in [2.75, 3.05) is 18.2 Å². The van der Waals surface area contributed by atoms with E-state index in [1.807, 2.05) is 34.9 Å². The highest BCUT2D eigenvalue weighted by Gasteiger charge is 2.31. The summed E-state index contributed by atoms with van der Waals surface area (Å²) >= 11 is 1.21. The van der Waals surface area contributed by atoms with E-state index in [-0.39, 0.29) is 41.0 Å². The van der Waals surface area contributed by atoms with Crippen molar-refractivity contribution in [3.05, 3.63) is 101 Å². The number of fused-ring (bicyclic) bond motifs is 2.